The van der Waals surface area contributed by atoms with Crippen molar-refractivity contribution in [2.75, 3.05) is 19.7 Å². The molecule has 2 unspecified atom stereocenters. The number of carbonyl (C=O) groups is 1. The number of hydrogen-bond donors (Lipinski definition) is 1. The molecule has 1 aromatic rings. The van der Waals surface area contributed by atoms with Crippen LogP contribution in [0, 0.1) is 16.7 Å². The number of aliphatic hydroxyl groups is 1. The van der Waals surface area contributed by atoms with Crippen molar-refractivity contribution in [3.05, 3.63) is 35.4 Å². The van der Waals surface area contributed by atoms with E-state index in [9.17, 15) is 9.90 Å². The molecule has 1 aliphatic carbocycles. The maximum Gasteiger partial charge on any atom is 0.253 e. The maximum absolute atomic E-state index is 12.6. The van der Waals surface area contributed by atoms with Crippen molar-refractivity contribution in [2.45, 2.75) is 38.4 Å². The Morgan fingerprint density at radius 3 is 2.57 bits per heavy atom. The van der Waals surface area contributed by atoms with Crippen molar-refractivity contribution in [1.29, 1.82) is 5.26 Å². The van der Waals surface area contributed by atoms with E-state index in [-0.39, 0.29) is 23.5 Å². The summed E-state index contributed by atoms with van der Waals surface area (Å²) >= 11 is 0. The van der Waals surface area contributed by atoms with Gasteiger partial charge in [-0.2, -0.15) is 5.26 Å². The van der Waals surface area contributed by atoms with Crippen LogP contribution >= 0.6 is 0 Å². The first-order valence-electron chi connectivity index (χ1n) is 8.20. The van der Waals surface area contributed by atoms with E-state index < -0.39 is 0 Å². The molecule has 2 atom stereocenters. The largest absolute Gasteiger partial charge is 0.392 e. The fourth-order valence-corrected chi connectivity index (χ4v) is 3.81. The summed E-state index contributed by atoms with van der Waals surface area (Å²) < 4.78 is 5.75. The number of nitrogens with zero attached hydrogens (tertiary/aromatic N) is 2. The van der Waals surface area contributed by atoms with E-state index in [4.69, 9.17) is 10.00 Å². The molecule has 0 bridgehead atoms. The van der Waals surface area contributed by atoms with Gasteiger partial charge in [0, 0.05) is 37.1 Å². The number of ether oxygens (including phenoxy) is 1. The van der Waals surface area contributed by atoms with Gasteiger partial charge in [-0.15, -0.1) is 0 Å². The van der Waals surface area contributed by atoms with E-state index in [1.807, 2.05) is 11.8 Å². The number of amides is 1. The minimum absolute atomic E-state index is 0.00823. The zero-order chi connectivity index (χ0) is 16.4. The Morgan fingerprint density at radius 1 is 1.39 bits per heavy atom. The highest BCUT2D eigenvalue weighted by molar-refractivity contribution is 5.94. The van der Waals surface area contributed by atoms with Crippen LogP contribution in [-0.2, 0) is 4.74 Å². The summed E-state index contributed by atoms with van der Waals surface area (Å²) in [5, 5.41) is 19.0. The molecule has 1 saturated heterocycles. The predicted octanol–water partition coefficient (Wildman–Crippen LogP) is 1.95. The number of carbonyl (C=O) groups excluding carboxylic acids is 1. The topological polar surface area (TPSA) is 73.6 Å². The number of aliphatic hydroxyl groups excluding tert-OH is 1. The molecule has 3 rings (SSSR count). The summed E-state index contributed by atoms with van der Waals surface area (Å²) in [6.07, 6.45) is 2.07. The van der Waals surface area contributed by atoms with Crippen molar-refractivity contribution in [2.24, 2.45) is 5.41 Å². The molecule has 2 aliphatic rings. The molecular weight excluding hydrogens is 292 g/mol. The summed E-state index contributed by atoms with van der Waals surface area (Å²) in [5.41, 5.74) is 0.990. The molecule has 1 amide bonds. The first kappa shape index (κ1) is 16.0. The van der Waals surface area contributed by atoms with Crippen LogP contribution in [-0.4, -0.2) is 47.8 Å². The summed E-state index contributed by atoms with van der Waals surface area (Å²) in [4.78, 5) is 14.4. The van der Waals surface area contributed by atoms with Crippen molar-refractivity contribution >= 4 is 5.91 Å². The summed E-state index contributed by atoms with van der Waals surface area (Å²) in [6, 6.07) is 8.79. The molecule has 0 aromatic heterocycles. The predicted molar refractivity (Wildman–Crippen MR) is 84.8 cm³/mol. The SMILES string of the molecule is CCOC1CC(O)C12CCN(C(=O)c1ccc(C#N)cc1)CC2. The minimum Gasteiger partial charge on any atom is -0.392 e. The average Bonchev–Trinajstić information content (AvgIpc) is 2.61. The van der Waals surface area contributed by atoms with E-state index in [1.165, 1.54) is 0 Å². The van der Waals surface area contributed by atoms with Gasteiger partial charge in [-0.3, -0.25) is 4.79 Å². The van der Waals surface area contributed by atoms with Gasteiger partial charge in [0.1, 0.15) is 0 Å². The van der Waals surface area contributed by atoms with Crippen molar-refractivity contribution in [3.63, 3.8) is 0 Å². The van der Waals surface area contributed by atoms with Crippen LogP contribution in [0.1, 0.15) is 42.1 Å². The van der Waals surface area contributed by atoms with E-state index in [2.05, 4.69) is 6.07 Å². The summed E-state index contributed by atoms with van der Waals surface area (Å²) in [5.74, 6) is -0.00823. The molecule has 2 fully saturated rings. The van der Waals surface area contributed by atoms with Gasteiger partial charge in [0.15, 0.2) is 0 Å². The van der Waals surface area contributed by atoms with E-state index in [0.717, 1.165) is 12.8 Å². The lowest BCUT2D eigenvalue weighted by Gasteiger charge is -2.56. The van der Waals surface area contributed by atoms with Gasteiger partial charge in [0.2, 0.25) is 0 Å². The second-order valence-electron chi connectivity index (χ2n) is 6.41. The number of hydrogen-bond acceptors (Lipinski definition) is 4. The Kier molecular flexibility index (Phi) is 4.38. The van der Waals surface area contributed by atoms with Crippen molar-refractivity contribution < 1.29 is 14.6 Å². The Morgan fingerprint density at radius 2 is 2.04 bits per heavy atom. The molecule has 1 N–H and O–H groups in total. The van der Waals surface area contributed by atoms with Crippen LogP contribution in [0.4, 0.5) is 0 Å². The zero-order valence-corrected chi connectivity index (χ0v) is 13.4. The standard InChI is InChI=1S/C18H22N2O3/c1-2-23-16-11-15(21)18(16)7-9-20(10-8-18)17(22)14-5-3-13(12-19)4-6-14/h3-6,15-16,21H,2,7-11H2,1H3. The lowest BCUT2D eigenvalue weighted by molar-refractivity contribution is -0.207. The Balaban J connectivity index is 1.64. The van der Waals surface area contributed by atoms with E-state index >= 15 is 0 Å². The van der Waals surface area contributed by atoms with Gasteiger partial charge >= 0.3 is 0 Å². The molecule has 1 spiro atoms. The molecule has 1 aromatic carbocycles. The first-order valence-corrected chi connectivity index (χ1v) is 8.20. The van der Waals surface area contributed by atoms with Gasteiger partial charge in [-0.1, -0.05) is 0 Å². The van der Waals surface area contributed by atoms with Crippen LogP contribution in [0.3, 0.4) is 0 Å². The molecule has 1 saturated carbocycles. The van der Waals surface area contributed by atoms with Crippen LogP contribution < -0.4 is 0 Å². The van der Waals surface area contributed by atoms with Crippen LogP contribution in [0.2, 0.25) is 0 Å². The fourth-order valence-electron chi connectivity index (χ4n) is 3.81. The number of nitriles is 1. The normalized spacial score (nSPS) is 25.7. The maximum atomic E-state index is 12.6. The first-order chi connectivity index (χ1) is 11.1. The Labute approximate surface area is 136 Å². The third-order valence-electron chi connectivity index (χ3n) is 5.35. The van der Waals surface area contributed by atoms with Crippen molar-refractivity contribution in [3.8, 4) is 6.07 Å². The third kappa shape index (κ3) is 2.73. The zero-order valence-electron chi connectivity index (χ0n) is 13.4. The smallest absolute Gasteiger partial charge is 0.253 e. The molecule has 23 heavy (non-hydrogen) atoms. The lowest BCUT2D eigenvalue weighted by atomic mass is 9.58. The second kappa shape index (κ2) is 6.31. The summed E-state index contributed by atoms with van der Waals surface area (Å²) in [7, 11) is 0. The molecular formula is C18H22N2O3. The molecule has 1 heterocycles. The third-order valence-corrected chi connectivity index (χ3v) is 5.35. The fraction of sp³-hybridized carbons (Fsp3) is 0.556. The molecule has 122 valence electrons. The van der Waals surface area contributed by atoms with Gasteiger partial charge < -0.3 is 14.7 Å². The Bertz CT molecular complexity index is 610. The van der Waals surface area contributed by atoms with Gasteiger partial charge in [0.25, 0.3) is 5.91 Å². The second-order valence-corrected chi connectivity index (χ2v) is 6.41. The van der Waals surface area contributed by atoms with Gasteiger partial charge in [-0.25, -0.2) is 0 Å². The monoisotopic (exact) mass is 314 g/mol. The number of likely N-dealkylation sites (tertiary alicyclic amines) is 1. The number of rotatable bonds is 3. The van der Waals surface area contributed by atoms with Crippen LogP contribution in [0.15, 0.2) is 24.3 Å². The highest BCUT2D eigenvalue weighted by atomic mass is 16.5. The van der Waals surface area contributed by atoms with Crippen LogP contribution in [0.25, 0.3) is 0 Å². The molecule has 1 aliphatic heterocycles. The van der Waals surface area contributed by atoms with E-state index in [0.29, 0.717) is 37.2 Å². The lowest BCUT2D eigenvalue weighted by Crippen LogP contribution is -2.62. The number of piperidine rings is 1. The highest BCUT2D eigenvalue weighted by Crippen LogP contribution is 2.51. The molecule has 5 nitrogen and oxygen atoms in total. The van der Waals surface area contributed by atoms with E-state index in [1.54, 1.807) is 24.3 Å². The summed E-state index contributed by atoms with van der Waals surface area (Å²) in [6.45, 7) is 3.91. The van der Waals surface area contributed by atoms with Gasteiger partial charge in [0.05, 0.1) is 23.8 Å². The number of benzene rings is 1. The minimum atomic E-state index is -0.314. The van der Waals surface area contributed by atoms with Gasteiger partial charge in [-0.05, 0) is 44.0 Å². The highest BCUT2D eigenvalue weighted by Gasteiger charge is 2.56. The molecule has 0 radical (unpaired) electrons. The Hall–Kier alpha value is -1.90. The average molecular weight is 314 g/mol. The van der Waals surface area contributed by atoms with Crippen LogP contribution in [0.5, 0.6) is 0 Å². The molecule has 5 heteroatoms. The quantitative estimate of drug-likeness (QED) is 0.925. The van der Waals surface area contributed by atoms with Crippen molar-refractivity contribution in [1.82, 2.24) is 4.90 Å².